The van der Waals surface area contributed by atoms with Gasteiger partial charge in [0.2, 0.25) is 5.78 Å². The van der Waals surface area contributed by atoms with Crippen LogP contribution in [0.4, 0.5) is 10.1 Å². The molecule has 2 aliphatic rings. The van der Waals surface area contributed by atoms with Gasteiger partial charge in [0.05, 0.1) is 11.1 Å². The molecule has 5 nitrogen and oxygen atoms in total. The number of rotatable bonds is 4. The lowest BCUT2D eigenvalue weighted by molar-refractivity contribution is 0.101. The van der Waals surface area contributed by atoms with Crippen molar-refractivity contribution in [3.05, 3.63) is 95.0 Å². The second-order valence-corrected chi connectivity index (χ2v) is 8.03. The normalized spacial score (nSPS) is 17.5. The zero-order valence-corrected chi connectivity index (χ0v) is 17.5. The molecule has 6 heteroatoms. The maximum absolute atomic E-state index is 13.5. The molecule has 2 aliphatic heterocycles. The van der Waals surface area contributed by atoms with E-state index in [0.717, 1.165) is 26.2 Å². The molecule has 2 heterocycles. The van der Waals surface area contributed by atoms with Gasteiger partial charge in [0.1, 0.15) is 17.3 Å². The van der Waals surface area contributed by atoms with Crippen molar-refractivity contribution in [1.29, 1.82) is 0 Å². The number of phenolic OH excluding ortho intramolecular Hbond substituents is 1. The molecule has 3 aromatic rings. The Balaban J connectivity index is 1.34. The average Bonchev–Trinajstić information content (AvgIpc) is 3.12. The maximum atomic E-state index is 13.5. The van der Waals surface area contributed by atoms with E-state index in [0.29, 0.717) is 29.0 Å². The topological polar surface area (TPSA) is 53.0 Å². The number of allylic oxidation sites excluding steroid dienone is 1. The van der Waals surface area contributed by atoms with Crippen molar-refractivity contribution in [1.82, 2.24) is 4.90 Å². The highest BCUT2D eigenvalue weighted by atomic mass is 19.1. The summed E-state index contributed by atoms with van der Waals surface area (Å²) < 4.78 is 19.4. The van der Waals surface area contributed by atoms with Gasteiger partial charge in [-0.1, -0.05) is 30.3 Å². The van der Waals surface area contributed by atoms with Crippen LogP contribution in [0, 0.1) is 5.82 Å². The Kier molecular flexibility index (Phi) is 5.37. The number of hydrogen-bond donors (Lipinski definition) is 1. The van der Waals surface area contributed by atoms with E-state index in [1.54, 1.807) is 24.3 Å². The van der Waals surface area contributed by atoms with Gasteiger partial charge in [0, 0.05) is 38.4 Å². The number of ketones is 1. The average molecular weight is 430 g/mol. The van der Waals surface area contributed by atoms with Crippen molar-refractivity contribution in [3.63, 3.8) is 0 Å². The quantitative estimate of drug-likeness (QED) is 0.619. The van der Waals surface area contributed by atoms with E-state index in [1.165, 1.54) is 23.9 Å². The van der Waals surface area contributed by atoms with Crippen LogP contribution in [-0.4, -0.2) is 42.0 Å². The van der Waals surface area contributed by atoms with E-state index in [4.69, 9.17) is 4.74 Å². The number of anilines is 1. The van der Waals surface area contributed by atoms with Crippen molar-refractivity contribution in [2.24, 2.45) is 0 Å². The third-order valence-corrected chi connectivity index (χ3v) is 5.94. The number of carbonyl (C=O) groups excluding carboxylic acids is 1. The standard InChI is InChI=1S/C26H23FN2O3/c27-19-6-4-5-18(15-19)16-24-25(31)21-9-10-23(30)22(26(21)32-24)17-28-11-13-29(14-12-28)20-7-2-1-3-8-20/h1-10,15-16,30H,11-14,17H2/b24-16-. The first-order chi connectivity index (χ1) is 15.6. The van der Waals surface area contributed by atoms with Gasteiger partial charge < -0.3 is 14.7 Å². The van der Waals surface area contributed by atoms with Crippen molar-refractivity contribution in [3.8, 4) is 11.5 Å². The molecule has 3 aromatic carbocycles. The number of Topliss-reactive ketones (excluding diaryl/α,β-unsaturated/α-hetero) is 1. The summed E-state index contributed by atoms with van der Waals surface area (Å²) in [5.41, 5.74) is 2.77. The zero-order chi connectivity index (χ0) is 22.1. The van der Waals surface area contributed by atoms with Crippen LogP contribution in [0.5, 0.6) is 11.5 Å². The molecular formula is C26H23FN2O3. The number of fused-ring (bicyclic) bond motifs is 1. The third-order valence-electron chi connectivity index (χ3n) is 5.94. The van der Waals surface area contributed by atoms with Gasteiger partial charge in [-0.05, 0) is 48.0 Å². The van der Waals surface area contributed by atoms with Crippen molar-refractivity contribution in [2.45, 2.75) is 6.54 Å². The lowest BCUT2D eigenvalue weighted by Crippen LogP contribution is -2.46. The molecule has 0 aliphatic carbocycles. The van der Waals surface area contributed by atoms with Crippen LogP contribution in [-0.2, 0) is 6.54 Å². The van der Waals surface area contributed by atoms with Crippen LogP contribution in [0.15, 0.2) is 72.5 Å². The van der Waals surface area contributed by atoms with Crippen LogP contribution in [0.2, 0.25) is 0 Å². The van der Waals surface area contributed by atoms with E-state index in [1.807, 2.05) is 18.2 Å². The van der Waals surface area contributed by atoms with Crippen LogP contribution in [0.3, 0.4) is 0 Å². The molecule has 5 rings (SSSR count). The number of phenols is 1. The van der Waals surface area contributed by atoms with Crippen molar-refractivity contribution in [2.75, 3.05) is 31.1 Å². The lowest BCUT2D eigenvalue weighted by Gasteiger charge is -2.36. The Morgan fingerprint density at radius 2 is 1.75 bits per heavy atom. The fraction of sp³-hybridized carbons (Fsp3) is 0.192. The minimum absolute atomic E-state index is 0.106. The smallest absolute Gasteiger partial charge is 0.231 e. The summed E-state index contributed by atoms with van der Waals surface area (Å²) in [6, 6.07) is 19.4. The molecule has 0 aromatic heterocycles. The van der Waals surface area contributed by atoms with Crippen LogP contribution >= 0.6 is 0 Å². The highest BCUT2D eigenvalue weighted by Crippen LogP contribution is 2.40. The molecule has 0 saturated carbocycles. The van der Waals surface area contributed by atoms with Gasteiger partial charge in [-0.25, -0.2) is 4.39 Å². The number of benzene rings is 3. The highest BCUT2D eigenvalue weighted by Gasteiger charge is 2.32. The Labute approximate surface area is 186 Å². The Hall–Kier alpha value is -3.64. The first kappa shape index (κ1) is 20.3. The SMILES string of the molecule is O=C1/C(=C/c2cccc(F)c2)Oc2c1ccc(O)c2CN1CCN(c2ccccc2)CC1. The Morgan fingerprint density at radius 1 is 0.969 bits per heavy atom. The number of piperazine rings is 1. The number of carbonyl (C=O) groups is 1. The predicted octanol–water partition coefficient (Wildman–Crippen LogP) is 4.47. The first-order valence-corrected chi connectivity index (χ1v) is 10.7. The fourth-order valence-corrected chi connectivity index (χ4v) is 4.22. The zero-order valence-electron chi connectivity index (χ0n) is 17.5. The molecule has 162 valence electrons. The third kappa shape index (κ3) is 3.97. The molecule has 32 heavy (non-hydrogen) atoms. The largest absolute Gasteiger partial charge is 0.507 e. The lowest BCUT2D eigenvalue weighted by atomic mass is 10.0. The van der Waals surface area contributed by atoms with Crippen LogP contribution in [0.1, 0.15) is 21.5 Å². The maximum Gasteiger partial charge on any atom is 0.231 e. The number of aromatic hydroxyl groups is 1. The van der Waals surface area contributed by atoms with Gasteiger partial charge in [-0.2, -0.15) is 0 Å². The molecule has 0 atom stereocenters. The minimum atomic E-state index is -0.379. The van der Waals surface area contributed by atoms with Gasteiger partial charge in [-0.15, -0.1) is 0 Å². The second kappa shape index (κ2) is 8.48. The van der Waals surface area contributed by atoms with E-state index < -0.39 is 0 Å². The van der Waals surface area contributed by atoms with E-state index in [9.17, 15) is 14.3 Å². The van der Waals surface area contributed by atoms with Gasteiger partial charge in [0.15, 0.2) is 5.76 Å². The fourth-order valence-electron chi connectivity index (χ4n) is 4.22. The summed E-state index contributed by atoms with van der Waals surface area (Å²) in [4.78, 5) is 17.4. The van der Waals surface area contributed by atoms with E-state index in [-0.39, 0.29) is 23.1 Å². The molecule has 0 bridgehead atoms. The van der Waals surface area contributed by atoms with E-state index in [2.05, 4.69) is 21.9 Å². The molecule has 1 fully saturated rings. The summed E-state index contributed by atoms with van der Waals surface area (Å²) in [7, 11) is 0. The Bertz CT molecular complexity index is 1180. The molecule has 0 spiro atoms. The Morgan fingerprint density at radius 3 is 2.50 bits per heavy atom. The van der Waals surface area contributed by atoms with Gasteiger partial charge in [-0.3, -0.25) is 9.69 Å². The molecule has 0 unspecified atom stereocenters. The summed E-state index contributed by atoms with van der Waals surface area (Å²) in [5, 5.41) is 10.5. The summed E-state index contributed by atoms with van der Waals surface area (Å²) in [6.07, 6.45) is 1.53. The summed E-state index contributed by atoms with van der Waals surface area (Å²) >= 11 is 0. The number of hydrogen-bond acceptors (Lipinski definition) is 5. The summed E-state index contributed by atoms with van der Waals surface area (Å²) in [5.74, 6) is -0.0155. The number of halogens is 1. The highest BCUT2D eigenvalue weighted by molar-refractivity contribution is 6.15. The second-order valence-electron chi connectivity index (χ2n) is 8.03. The molecule has 0 amide bonds. The van der Waals surface area contributed by atoms with E-state index >= 15 is 0 Å². The predicted molar refractivity (Wildman–Crippen MR) is 121 cm³/mol. The number of para-hydroxylation sites is 1. The van der Waals surface area contributed by atoms with Gasteiger partial charge in [0.25, 0.3) is 0 Å². The molecule has 0 radical (unpaired) electrons. The minimum Gasteiger partial charge on any atom is -0.507 e. The monoisotopic (exact) mass is 430 g/mol. The van der Waals surface area contributed by atoms with Gasteiger partial charge >= 0.3 is 0 Å². The van der Waals surface area contributed by atoms with Crippen molar-refractivity contribution < 1.29 is 19.0 Å². The van der Waals surface area contributed by atoms with Crippen molar-refractivity contribution >= 4 is 17.5 Å². The van der Waals surface area contributed by atoms with Crippen LogP contribution in [0.25, 0.3) is 6.08 Å². The first-order valence-electron chi connectivity index (χ1n) is 10.7. The number of nitrogens with zero attached hydrogens (tertiary/aromatic N) is 2. The molecule has 1 N–H and O–H groups in total. The molecule has 1 saturated heterocycles. The summed E-state index contributed by atoms with van der Waals surface area (Å²) in [6.45, 7) is 3.91. The molecular weight excluding hydrogens is 407 g/mol. The number of ether oxygens (including phenoxy) is 1. The van der Waals surface area contributed by atoms with Crippen LogP contribution < -0.4 is 9.64 Å².